The number of anilines is 1. The Labute approximate surface area is 126 Å². The summed E-state index contributed by atoms with van der Waals surface area (Å²) in [6.07, 6.45) is 3.57. The molecule has 1 aromatic heterocycles. The molecule has 0 aliphatic carbocycles. The number of nitrogens with zero attached hydrogens (tertiary/aromatic N) is 2. The molecule has 0 saturated carbocycles. The van der Waals surface area contributed by atoms with E-state index in [9.17, 15) is 0 Å². The Bertz CT molecular complexity index is 574. The molecule has 6 heteroatoms. The van der Waals surface area contributed by atoms with Crippen LogP contribution < -0.4 is 15.8 Å². The van der Waals surface area contributed by atoms with E-state index in [1.54, 1.807) is 19.5 Å². The highest BCUT2D eigenvalue weighted by atomic mass is 79.9. The van der Waals surface area contributed by atoms with Gasteiger partial charge in [0.05, 0.1) is 11.6 Å². The molecule has 20 heavy (non-hydrogen) atoms. The largest absolute Gasteiger partial charge is 0.496 e. The summed E-state index contributed by atoms with van der Waals surface area (Å²) in [5, 5.41) is 3.12. The van der Waals surface area contributed by atoms with Crippen molar-refractivity contribution >= 4 is 21.9 Å². The predicted octanol–water partition coefficient (Wildman–Crippen LogP) is 2.67. The minimum Gasteiger partial charge on any atom is -0.496 e. The molecule has 0 bridgehead atoms. The number of ether oxygens (including phenoxy) is 1. The van der Waals surface area contributed by atoms with Gasteiger partial charge in [-0.25, -0.2) is 9.97 Å². The second-order valence-corrected chi connectivity index (χ2v) is 5.28. The molecule has 2 rings (SSSR count). The highest BCUT2D eigenvalue weighted by Gasteiger charge is 2.06. The highest BCUT2D eigenvalue weighted by Crippen LogP contribution is 2.30. The van der Waals surface area contributed by atoms with Crippen molar-refractivity contribution in [3.8, 4) is 16.9 Å². The van der Waals surface area contributed by atoms with Crippen LogP contribution in [0.4, 0.5) is 5.95 Å². The molecule has 0 radical (unpaired) electrons. The molecule has 2 aromatic rings. The van der Waals surface area contributed by atoms with Gasteiger partial charge in [-0.15, -0.1) is 0 Å². The molecule has 0 aliphatic heterocycles. The molecule has 106 valence electrons. The molecule has 0 saturated heterocycles. The maximum atomic E-state index is 5.55. The SMILES string of the molecule is COc1ccc(-c2cnc(NC(C)CN)nc2)cc1Br. The van der Waals surface area contributed by atoms with E-state index in [4.69, 9.17) is 10.5 Å². The molecule has 0 fully saturated rings. The summed E-state index contributed by atoms with van der Waals surface area (Å²) in [7, 11) is 1.64. The number of halogens is 1. The second kappa shape index (κ2) is 6.67. The van der Waals surface area contributed by atoms with Crippen molar-refractivity contribution in [3.63, 3.8) is 0 Å². The van der Waals surface area contributed by atoms with Crippen LogP contribution in [-0.2, 0) is 0 Å². The summed E-state index contributed by atoms with van der Waals surface area (Å²) in [5.41, 5.74) is 7.52. The van der Waals surface area contributed by atoms with E-state index in [1.807, 2.05) is 25.1 Å². The van der Waals surface area contributed by atoms with Gasteiger partial charge >= 0.3 is 0 Å². The van der Waals surface area contributed by atoms with E-state index in [1.165, 1.54) is 0 Å². The van der Waals surface area contributed by atoms with Gasteiger partial charge in [0.1, 0.15) is 5.75 Å². The number of rotatable bonds is 5. The summed E-state index contributed by atoms with van der Waals surface area (Å²) in [4.78, 5) is 8.58. The minimum atomic E-state index is 0.149. The molecular weight excluding hydrogens is 320 g/mol. The first-order chi connectivity index (χ1) is 9.63. The fourth-order valence-electron chi connectivity index (χ4n) is 1.68. The summed E-state index contributed by atoms with van der Waals surface area (Å²) in [5.74, 6) is 1.38. The van der Waals surface area contributed by atoms with Gasteiger partial charge in [-0.05, 0) is 40.5 Å². The average Bonchev–Trinajstić information content (AvgIpc) is 2.47. The van der Waals surface area contributed by atoms with Crippen molar-refractivity contribution < 1.29 is 4.74 Å². The zero-order chi connectivity index (χ0) is 14.5. The monoisotopic (exact) mass is 336 g/mol. The van der Waals surface area contributed by atoms with Gasteiger partial charge in [0.15, 0.2) is 0 Å². The summed E-state index contributed by atoms with van der Waals surface area (Å²) in [6.45, 7) is 2.52. The van der Waals surface area contributed by atoms with Crippen molar-refractivity contribution in [2.45, 2.75) is 13.0 Å². The van der Waals surface area contributed by atoms with Crippen molar-refractivity contribution in [2.24, 2.45) is 5.73 Å². The molecule has 0 amide bonds. The molecule has 1 heterocycles. The zero-order valence-electron chi connectivity index (χ0n) is 11.4. The minimum absolute atomic E-state index is 0.149. The molecule has 1 aromatic carbocycles. The van der Waals surface area contributed by atoms with E-state index < -0.39 is 0 Å². The van der Waals surface area contributed by atoms with Crippen molar-refractivity contribution in [1.82, 2.24) is 9.97 Å². The van der Waals surface area contributed by atoms with Gasteiger partial charge in [0, 0.05) is 30.5 Å². The Morgan fingerprint density at radius 1 is 1.30 bits per heavy atom. The Morgan fingerprint density at radius 3 is 2.55 bits per heavy atom. The van der Waals surface area contributed by atoms with Crippen molar-refractivity contribution in [1.29, 1.82) is 0 Å². The van der Waals surface area contributed by atoms with Crippen LogP contribution in [0.25, 0.3) is 11.1 Å². The molecular formula is C14H17BrN4O. The molecule has 1 unspecified atom stereocenters. The predicted molar refractivity (Wildman–Crippen MR) is 83.9 cm³/mol. The van der Waals surface area contributed by atoms with Crippen LogP contribution in [0.15, 0.2) is 35.1 Å². The van der Waals surface area contributed by atoms with E-state index in [2.05, 4.69) is 31.2 Å². The normalized spacial score (nSPS) is 12.0. The van der Waals surface area contributed by atoms with Gasteiger partial charge in [-0.3, -0.25) is 0 Å². The van der Waals surface area contributed by atoms with Gasteiger partial charge in [-0.2, -0.15) is 0 Å². The summed E-state index contributed by atoms with van der Waals surface area (Å²) >= 11 is 3.47. The van der Waals surface area contributed by atoms with Crippen LogP contribution in [0.5, 0.6) is 5.75 Å². The van der Waals surface area contributed by atoms with Crippen molar-refractivity contribution in [3.05, 3.63) is 35.1 Å². The van der Waals surface area contributed by atoms with Crippen LogP contribution in [-0.4, -0.2) is 29.7 Å². The molecule has 1 atom stereocenters. The third kappa shape index (κ3) is 3.46. The lowest BCUT2D eigenvalue weighted by atomic mass is 10.1. The van der Waals surface area contributed by atoms with Gasteiger partial charge < -0.3 is 15.8 Å². The number of hydrogen-bond acceptors (Lipinski definition) is 5. The first kappa shape index (κ1) is 14.7. The molecule has 0 aliphatic rings. The van der Waals surface area contributed by atoms with E-state index in [0.717, 1.165) is 21.3 Å². The van der Waals surface area contributed by atoms with E-state index in [0.29, 0.717) is 12.5 Å². The number of nitrogens with two attached hydrogens (primary N) is 1. The quantitative estimate of drug-likeness (QED) is 0.878. The van der Waals surface area contributed by atoms with Gasteiger partial charge in [-0.1, -0.05) is 6.07 Å². The van der Waals surface area contributed by atoms with Crippen molar-refractivity contribution in [2.75, 3.05) is 19.0 Å². The highest BCUT2D eigenvalue weighted by molar-refractivity contribution is 9.10. The number of hydrogen-bond donors (Lipinski definition) is 2. The Kier molecular flexibility index (Phi) is 4.92. The lowest BCUT2D eigenvalue weighted by Gasteiger charge is -2.11. The summed E-state index contributed by atoms with van der Waals surface area (Å²) < 4.78 is 6.11. The number of benzene rings is 1. The number of nitrogens with one attached hydrogen (secondary N) is 1. The Hall–Kier alpha value is -1.66. The lowest BCUT2D eigenvalue weighted by molar-refractivity contribution is 0.412. The Balaban J connectivity index is 2.19. The standard InChI is InChI=1S/C14H17BrN4O/c1-9(6-16)19-14-17-7-11(8-18-14)10-3-4-13(20-2)12(15)5-10/h3-5,7-9H,6,16H2,1-2H3,(H,17,18,19). The van der Waals surface area contributed by atoms with Gasteiger partial charge in [0.2, 0.25) is 5.95 Å². The Morgan fingerprint density at radius 2 is 2.00 bits per heavy atom. The second-order valence-electron chi connectivity index (χ2n) is 4.43. The van der Waals surface area contributed by atoms with Crippen LogP contribution in [0.1, 0.15) is 6.92 Å². The summed E-state index contributed by atoms with van der Waals surface area (Å²) in [6, 6.07) is 6.00. The zero-order valence-corrected chi connectivity index (χ0v) is 13.0. The van der Waals surface area contributed by atoms with Crippen LogP contribution in [0.2, 0.25) is 0 Å². The van der Waals surface area contributed by atoms with Crippen LogP contribution in [0.3, 0.4) is 0 Å². The van der Waals surface area contributed by atoms with Crippen LogP contribution in [0, 0.1) is 0 Å². The number of aromatic nitrogens is 2. The fraction of sp³-hybridized carbons (Fsp3) is 0.286. The maximum Gasteiger partial charge on any atom is 0.222 e. The first-order valence-corrected chi connectivity index (χ1v) is 7.06. The average molecular weight is 337 g/mol. The number of methoxy groups -OCH3 is 1. The van der Waals surface area contributed by atoms with E-state index >= 15 is 0 Å². The third-order valence-electron chi connectivity index (χ3n) is 2.87. The topological polar surface area (TPSA) is 73.1 Å². The molecule has 3 N–H and O–H groups in total. The molecule has 0 spiro atoms. The van der Waals surface area contributed by atoms with E-state index in [-0.39, 0.29) is 6.04 Å². The third-order valence-corrected chi connectivity index (χ3v) is 3.49. The lowest BCUT2D eigenvalue weighted by Crippen LogP contribution is -2.26. The smallest absolute Gasteiger partial charge is 0.222 e. The first-order valence-electron chi connectivity index (χ1n) is 6.26. The maximum absolute atomic E-state index is 5.55. The fourth-order valence-corrected chi connectivity index (χ4v) is 2.22. The van der Waals surface area contributed by atoms with Gasteiger partial charge in [0.25, 0.3) is 0 Å². The van der Waals surface area contributed by atoms with Crippen LogP contribution >= 0.6 is 15.9 Å². The molecule has 5 nitrogen and oxygen atoms in total.